The number of aryl methyl sites for hydroxylation is 1. The van der Waals surface area contributed by atoms with Crippen LogP contribution in [0, 0.1) is 0 Å². The molecule has 1 N–H and O–H groups in total. The van der Waals surface area contributed by atoms with Crippen molar-refractivity contribution in [1.82, 2.24) is 14.5 Å². The van der Waals surface area contributed by atoms with Crippen molar-refractivity contribution < 1.29 is 5.11 Å². The molecule has 0 radical (unpaired) electrons. The number of nitrogens with zero attached hydrogens (tertiary/aromatic N) is 3. The molecule has 17 heavy (non-hydrogen) atoms. The van der Waals surface area contributed by atoms with E-state index >= 15 is 0 Å². The Morgan fingerprint density at radius 1 is 1.65 bits per heavy atom. The van der Waals surface area contributed by atoms with Crippen LogP contribution in [0.15, 0.2) is 23.6 Å². The fraction of sp³-hybridized carbons (Fsp3) is 0.182. The molecular formula is C11H10ClN3O2. The fourth-order valence-corrected chi connectivity index (χ4v) is 1.80. The lowest BCUT2D eigenvalue weighted by molar-refractivity contribution is 0.457. The van der Waals surface area contributed by atoms with E-state index in [1.54, 1.807) is 13.1 Å². The molecule has 0 aliphatic rings. The van der Waals surface area contributed by atoms with Gasteiger partial charge in [0.15, 0.2) is 5.75 Å². The van der Waals surface area contributed by atoms with Crippen LogP contribution in [-0.2, 0) is 13.5 Å². The van der Waals surface area contributed by atoms with Gasteiger partial charge in [-0.05, 0) is 18.0 Å². The van der Waals surface area contributed by atoms with Gasteiger partial charge >= 0.3 is 0 Å². The Labute approximate surface area is 102 Å². The normalized spacial score (nSPS) is 10.7. The predicted molar refractivity (Wildman–Crippen MR) is 65.4 cm³/mol. The summed E-state index contributed by atoms with van der Waals surface area (Å²) in [5.74, 6) is -0.324. The zero-order valence-corrected chi connectivity index (χ0v) is 9.90. The van der Waals surface area contributed by atoms with Gasteiger partial charge in [-0.15, -0.1) is 6.58 Å². The number of allylic oxidation sites excluding steroid dienone is 1. The molecule has 0 aliphatic carbocycles. The number of aromatic nitrogens is 3. The molecule has 0 spiro atoms. The molecule has 0 atom stereocenters. The number of pyridine rings is 1. The quantitative estimate of drug-likeness (QED) is 0.647. The first kappa shape index (κ1) is 11.6. The first-order valence-electron chi connectivity index (χ1n) is 4.90. The van der Waals surface area contributed by atoms with E-state index in [9.17, 15) is 9.90 Å². The van der Waals surface area contributed by atoms with E-state index < -0.39 is 5.56 Å². The second-order valence-electron chi connectivity index (χ2n) is 3.56. The molecule has 88 valence electrons. The van der Waals surface area contributed by atoms with Crippen LogP contribution in [0.4, 0.5) is 0 Å². The molecule has 0 unspecified atom stereocenters. The van der Waals surface area contributed by atoms with Crippen LogP contribution < -0.4 is 5.56 Å². The van der Waals surface area contributed by atoms with Crippen LogP contribution in [0.1, 0.15) is 5.56 Å². The molecule has 2 heterocycles. The van der Waals surface area contributed by atoms with E-state index in [1.807, 2.05) is 0 Å². The Morgan fingerprint density at radius 2 is 2.35 bits per heavy atom. The van der Waals surface area contributed by atoms with Crippen LogP contribution in [0.2, 0.25) is 5.28 Å². The highest BCUT2D eigenvalue weighted by Crippen LogP contribution is 2.23. The second-order valence-corrected chi connectivity index (χ2v) is 3.90. The number of halogens is 1. The van der Waals surface area contributed by atoms with E-state index in [0.29, 0.717) is 23.0 Å². The molecule has 6 heteroatoms. The van der Waals surface area contributed by atoms with Crippen molar-refractivity contribution in [2.75, 3.05) is 0 Å². The van der Waals surface area contributed by atoms with Crippen LogP contribution in [0.25, 0.3) is 11.0 Å². The summed E-state index contributed by atoms with van der Waals surface area (Å²) in [4.78, 5) is 19.6. The average molecular weight is 252 g/mol. The number of hydrogen-bond acceptors (Lipinski definition) is 4. The largest absolute Gasteiger partial charge is 0.503 e. The molecule has 2 aromatic rings. The van der Waals surface area contributed by atoms with Gasteiger partial charge in [0.05, 0.1) is 17.2 Å². The third kappa shape index (κ3) is 1.78. The van der Waals surface area contributed by atoms with Gasteiger partial charge in [-0.3, -0.25) is 4.79 Å². The second kappa shape index (κ2) is 4.18. The number of fused-ring (bicyclic) bond motifs is 1. The van der Waals surface area contributed by atoms with Crippen LogP contribution >= 0.6 is 11.6 Å². The monoisotopic (exact) mass is 251 g/mol. The Bertz CT molecular complexity index is 664. The van der Waals surface area contributed by atoms with Crippen LogP contribution in [0.5, 0.6) is 5.75 Å². The molecule has 0 aliphatic heterocycles. The summed E-state index contributed by atoms with van der Waals surface area (Å²) in [6.07, 6.45) is 3.38. The van der Waals surface area contributed by atoms with Crippen molar-refractivity contribution in [3.05, 3.63) is 40.1 Å². The van der Waals surface area contributed by atoms with E-state index in [-0.39, 0.29) is 11.0 Å². The number of hydrogen-bond donors (Lipinski definition) is 1. The molecule has 2 aromatic heterocycles. The molecule has 0 fully saturated rings. The van der Waals surface area contributed by atoms with Crippen LogP contribution in [-0.4, -0.2) is 19.6 Å². The van der Waals surface area contributed by atoms with Crippen molar-refractivity contribution in [2.24, 2.45) is 7.05 Å². The number of aromatic hydroxyl groups is 1. The maximum atomic E-state index is 11.8. The number of rotatable bonds is 2. The van der Waals surface area contributed by atoms with Gasteiger partial charge in [-0.2, -0.15) is 0 Å². The highest BCUT2D eigenvalue weighted by atomic mass is 35.5. The fourth-order valence-electron chi connectivity index (χ4n) is 1.67. The lowest BCUT2D eigenvalue weighted by Gasteiger charge is -2.09. The molecule has 0 amide bonds. The van der Waals surface area contributed by atoms with Crippen molar-refractivity contribution >= 4 is 22.6 Å². The molecule has 2 rings (SSSR count). The van der Waals surface area contributed by atoms with Crippen molar-refractivity contribution in [3.8, 4) is 5.75 Å². The summed E-state index contributed by atoms with van der Waals surface area (Å²) < 4.78 is 1.29. The summed E-state index contributed by atoms with van der Waals surface area (Å²) in [6, 6.07) is 0. The summed E-state index contributed by atoms with van der Waals surface area (Å²) in [6.45, 7) is 3.58. The SMILES string of the molecule is C=CCc1c(O)c(=O)n(C)c2cnc(Cl)nc12. The summed E-state index contributed by atoms with van der Waals surface area (Å²) in [5, 5.41) is 9.88. The smallest absolute Gasteiger partial charge is 0.293 e. The van der Waals surface area contributed by atoms with Gasteiger partial charge in [0.25, 0.3) is 5.56 Å². The van der Waals surface area contributed by atoms with Crippen molar-refractivity contribution in [3.63, 3.8) is 0 Å². The third-order valence-corrected chi connectivity index (χ3v) is 2.71. The molecular weight excluding hydrogens is 242 g/mol. The lowest BCUT2D eigenvalue weighted by Crippen LogP contribution is -2.19. The van der Waals surface area contributed by atoms with E-state index in [2.05, 4.69) is 16.5 Å². The first-order valence-corrected chi connectivity index (χ1v) is 5.28. The van der Waals surface area contributed by atoms with E-state index in [0.717, 1.165) is 0 Å². The van der Waals surface area contributed by atoms with Gasteiger partial charge in [-0.25, -0.2) is 9.97 Å². The third-order valence-electron chi connectivity index (χ3n) is 2.53. The predicted octanol–water partition coefficient (Wildman–Crippen LogP) is 1.42. The molecule has 0 saturated carbocycles. The maximum Gasteiger partial charge on any atom is 0.293 e. The highest BCUT2D eigenvalue weighted by Gasteiger charge is 2.15. The lowest BCUT2D eigenvalue weighted by atomic mass is 10.1. The summed E-state index contributed by atoms with van der Waals surface area (Å²) >= 11 is 5.72. The maximum absolute atomic E-state index is 11.8. The van der Waals surface area contributed by atoms with Gasteiger partial charge in [0.1, 0.15) is 0 Å². The highest BCUT2D eigenvalue weighted by molar-refractivity contribution is 6.28. The molecule has 5 nitrogen and oxygen atoms in total. The molecule has 0 bridgehead atoms. The van der Waals surface area contributed by atoms with Gasteiger partial charge in [0, 0.05) is 12.6 Å². The van der Waals surface area contributed by atoms with E-state index in [4.69, 9.17) is 11.6 Å². The summed E-state index contributed by atoms with van der Waals surface area (Å²) in [5.41, 5.74) is 0.918. The Balaban J connectivity index is 2.99. The zero-order chi connectivity index (χ0) is 12.6. The minimum atomic E-state index is -0.486. The van der Waals surface area contributed by atoms with E-state index in [1.165, 1.54) is 10.8 Å². The van der Waals surface area contributed by atoms with Gasteiger partial charge in [0.2, 0.25) is 5.28 Å². The minimum absolute atomic E-state index is 0.0702. The average Bonchev–Trinajstić information content (AvgIpc) is 2.32. The first-order chi connectivity index (χ1) is 8.06. The summed E-state index contributed by atoms with van der Waals surface area (Å²) in [7, 11) is 1.54. The van der Waals surface area contributed by atoms with Crippen molar-refractivity contribution in [2.45, 2.75) is 6.42 Å². The Hall–Kier alpha value is -1.88. The van der Waals surface area contributed by atoms with Gasteiger partial charge < -0.3 is 9.67 Å². The molecule has 0 aromatic carbocycles. The topological polar surface area (TPSA) is 68.0 Å². The Morgan fingerprint density at radius 3 is 3.00 bits per heavy atom. The zero-order valence-electron chi connectivity index (χ0n) is 9.14. The molecule has 0 saturated heterocycles. The Kier molecular flexibility index (Phi) is 2.85. The minimum Gasteiger partial charge on any atom is -0.503 e. The standard InChI is InChI=1S/C11H10ClN3O2/c1-3-4-6-8-7(5-13-11(12)14-8)15(2)10(17)9(6)16/h3,5,16H,1,4H2,2H3. The van der Waals surface area contributed by atoms with Crippen molar-refractivity contribution in [1.29, 1.82) is 0 Å². The van der Waals surface area contributed by atoms with Crippen LogP contribution in [0.3, 0.4) is 0 Å². The van der Waals surface area contributed by atoms with Gasteiger partial charge in [-0.1, -0.05) is 6.08 Å².